The van der Waals surface area contributed by atoms with Crippen LogP contribution in [0.4, 0.5) is 0 Å². The van der Waals surface area contributed by atoms with E-state index in [4.69, 9.17) is 4.74 Å². The predicted molar refractivity (Wildman–Crippen MR) is 62.1 cm³/mol. The number of rotatable bonds is 5. The van der Waals surface area contributed by atoms with Crippen molar-refractivity contribution in [1.82, 2.24) is 4.90 Å². The Morgan fingerprint density at radius 2 is 2.06 bits per heavy atom. The third-order valence-corrected chi connectivity index (χ3v) is 3.06. The lowest BCUT2D eigenvalue weighted by Gasteiger charge is -2.34. The zero-order valence-electron chi connectivity index (χ0n) is 10.3. The number of carbonyl (C=O) groups is 1. The van der Waals surface area contributed by atoms with Gasteiger partial charge in [0.2, 0.25) is 0 Å². The summed E-state index contributed by atoms with van der Waals surface area (Å²) in [7, 11) is 0. The molecule has 1 aliphatic rings. The van der Waals surface area contributed by atoms with Crippen LogP contribution in [0.25, 0.3) is 0 Å². The van der Waals surface area contributed by atoms with Crippen LogP contribution in [0.3, 0.4) is 0 Å². The Bertz CT molecular complexity index is 212. The van der Waals surface area contributed by atoms with Crippen LogP contribution >= 0.6 is 0 Å². The molecule has 94 valence electrons. The van der Waals surface area contributed by atoms with Crippen molar-refractivity contribution in [1.29, 1.82) is 0 Å². The van der Waals surface area contributed by atoms with Gasteiger partial charge in [-0.3, -0.25) is 9.69 Å². The quantitative estimate of drug-likeness (QED) is 0.719. The van der Waals surface area contributed by atoms with Crippen LogP contribution in [0.15, 0.2) is 0 Å². The average Bonchev–Trinajstić information content (AvgIpc) is 2.28. The Labute approximate surface area is 97.6 Å². The number of nitrogens with zero attached hydrogens (tertiary/aromatic N) is 1. The van der Waals surface area contributed by atoms with E-state index in [0.29, 0.717) is 6.61 Å². The van der Waals surface area contributed by atoms with Gasteiger partial charge in [-0.25, -0.2) is 0 Å². The van der Waals surface area contributed by atoms with Crippen LogP contribution in [0.1, 0.15) is 39.5 Å². The Morgan fingerprint density at radius 1 is 1.44 bits per heavy atom. The summed E-state index contributed by atoms with van der Waals surface area (Å²) in [5.41, 5.74) is 0. The fourth-order valence-electron chi connectivity index (χ4n) is 2.16. The summed E-state index contributed by atoms with van der Waals surface area (Å²) in [4.78, 5) is 13.9. The maximum atomic E-state index is 11.8. The van der Waals surface area contributed by atoms with Crippen molar-refractivity contribution in [3.8, 4) is 0 Å². The van der Waals surface area contributed by atoms with Crippen molar-refractivity contribution in [2.45, 2.75) is 51.7 Å². The minimum Gasteiger partial charge on any atom is -0.465 e. The molecule has 0 unspecified atom stereocenters. The topological polar surface area (TPSA) is 49.8 Å². The van der Waals surface area contributed by atoms with E-state index in [9.17, 15) is 9.90 Å². The van der Waals surface area contributed by atoms with Gasteiger partial charge < -0.3 is 9.84 Å². The molecule has 1 heterocycles. The maximum absolute atomic E-state index is 11.8. The van der Waals surface area contributed by atoms with Crippen LogP contribution in [-0.4, -0.2) is 47.8 Å². The molecule has 0 bridgehead atoms. The zero-order valence-corrected chi connectivity index (χ0v) is 10.3. The van der Waals surface area contributed by atoms with Crippen LogP contribution in [0.5, 0.6) is 0 Å². The normalized spacial score (nSPS) is 20.7. The summed E-state index contributed by atoms with van der Waals surface area (Å²) >= 11 is 0. The van der Waals surface area contributed by atoms with Gasteiger partial charge >= 0.3 is 5.97 Å². The number of carbonyl (C=O) groups excluding carboxylic acids is 1. The van der Waals surface area contributed by atoms with Crippen LogP contribution < -0.4 is 0 Å². The Hall–Kier alpha value is -0.610. The predicted octanol–water partition coefficient (Wildman–Crippen LogP) is 1.17. The second kappa shape index (κ2) is 6.86. The van der Waals surface area contributed by atoms with Gasteiger partial charge in [-0.1, -0.05) is 13.3 Å². The highest BCUT2D eigenvalue weighted by molar-refractivity contribution is 5.75. The van der Waals surface area contributed by atoms with Gasteiger partial charge in [0.1, 0.15) is 6.04 Å². The molecule has 0 aromatic heterocycles. The van der Waals surface area contributed by atoms with Crippen LogP contribution in [0.2, 0.25) is 0 Å². The Morgan fingerprint density at radius 3 is 2.56 bits per heavy atom. The lowest BCUT2D eigenvalue weighted by molar-refractivity contribution is -0.150. The standard InChI is InChI=1S/C12H23NO3/c1-3-5-11(12(15)16-4-2)13-8-6-10(14)7-9-13/h10-11,14H,3-9H2,1-2H3/t11-/m0/s1. The van der Waals surface area contributed by atoms with E-state index >= 15 is 0 Å². The molecule has 4 heteroatoms. The third kappa shape index (κ3) is 3.76. The van der Waals surface area contributed by atoms with Crippen molar-refractivity contribution < 1.29 is 14.6 Å². The summed E-state index contributed by atoms with van der Waals surface area (Å²) in [6.45, 7) is 5.94. The first kappa shape index (κ1) is 13.5. The van der Waals surface area contributed by atoms with Crippen LogP contribution in [-0.2, 0) is 9.53 Å². The second-order valence-electron chi connectivity index (χ2n) is 4.32. The molecule has 0 spiro atoms. The van der Waals surface area contributed by atoms with Gasteiger partial charge in [0.05, 0.1) is 12.7 Å². The zero-order chi connectivity index (χ0) is 12.0. The highest BCUT2D eigenvalue weighted by Gasteiger charge is 2.29. The minimum absolute atomic E-state index is 0.110. The number of hydrogen-bond donors (Lipinski definition) is 1. The molecule has 1 rings (SSSR count). The number of esters is 1. The van der Waals surface area contributed by atoms with Gasteiger partial charge in [-0.2, -0.15) is 0 Å². The van der Waals surface area contributed by atoms with E-state index in [2.05, 4.69) is 11.8 Å². The molecule has 1 N–H and O–H groups in total. The molecule has 0 amide bonds. The molecule has 1 fully saturated rings. The molecular weight excluding hydrogens is 206 g/mol. The van der Waals surface area contributed by atoms with Crippen molar-refractivity contribution in [2.75, 3.05) is 19.7 Å². The molecule has 1 atom stereocenters. The molecule has 0 aromatic rings. The number of likely N-dealkylation sites (tertiary alicyclic amines) is 1. The summed E-state index contributed by atoms with van der Waals surface area (Å²) in [5.74, 6) is -0.110. The largest absolute Gasteiger partial charge is 0.465 e. The number of ether oxygens (including phenoxy) is 1. The van der Waals surface area contributed by atoms with Crippen molar-refractivity contribution in [3.05, 3.63) is 0 Å². The van der Waals surface area contributed by atoms with Gasteiger partial charge in [0, 0.05) is 13.1 Å². The average molecular weight is 229 g/mol. The Balaban J connectivity index is 2.51. The first-order valence-corrected chi connectivity index (χ1v) is 6.27. The van der Waals surface area contributed by atoms with Gasteiger partial charge in [0.25, 0.3) is 0 Å². The smallest absolute Gasteiger partial charge is 0.323 e. The van der Waals surface area contributed by atoms with Crippen molar-refractivity contribution in [3.63, 3.8) is 0 Å². The number of aliphatic hydroxyl groups excluding tert-OH is 1. The first-order chi connectivity index (χ1) is 7.69. The van der Waals surface area contributed by atoms with E-state index < -0.39 is 0 Å². The fourth-order valence-corrected chi connectivity index (χ4v) is 2.16. The number of hydrogen-bond acceptors (Lipinski definition) is 4. The minimum atomic E-state index is -0.194. The summed E-state index contributed by atoms with van der Waals surface area (Å²) in [6, 6.07) is -0.113. The van der Waals surface area contributed by atoms with Crippen molar-refractivity contribution >= 4 is 5.97 Å². The Kier molecular flexibility index (Phi) is 5.77. The highest BCUT2D eigenvalue weighted by atomic mass is 16.5. The molecule has 0 radical (unpaired) electrons. The third-order valence-electron chi connectivity index (χ3n) is 3.06. The number of piperidine rings is 1. The monoisotopic (exact) mass is 229 g/mol. The van der Waals surface area contributed by atoms with Gasteiger partial charge in [-0.05, 0) is 26.2 Å². The molecule has 0 saturated carbocycles. The van der Waals surface area contributed by atoms with E-state index in [0.717, 1.165) is 38.8 Å². The molecule has 1 aliphatic heterocycles. The number of aliphatic hydroxyl groups is 1. The lowest BCUT2D eigenvalue weighted by atomic mass is 10.0. The van der Waals surface area contributed by atoms with Gasteiger partial charge in [0.15, 0.2) is 0 Å². The molecule has 1 saturated heterocycles. The highest BCUT2D eigenvalue weighted by Crippen LogP contribution is 2.17. The van der Waals surface area contributed by atoms with Crippen molar-refractivity contribution in [2.24, 2.45) is 0 Å². The molecular formula is C12H23NO3. The SMILES string of the molecule is CCC[C@@H](C(=O)OCC)N1CCC(O)CC1. The van der Waals surface area contributed by atoms with E-state index in [1.807, 2.05) is 6.92 Å². The first-order valence-electron chi connectivity index (χ1n) is 6.27. The van der Waals surface area contributed by atoms with E-state index in [1.165, 1.54) is 0 Å². The van der Waals surface area contributed by atoms with E-state index in [1.54, 1.807) is 0 Å². The molecule has 0 aromatic carbocycles. The maximum Gasteiger partial charge on any atom is 0.323 e. The molecule has 4 nitrogen and oxygen atoms in total. The van der Waals surface area contributed by atoms with Crippen LogP contribution in [0, 0.1) is 0 Å². The molecule has 16 heavy (non-hydrogen) atoms. The second-order valence-corrected chi connectivity index (χ2v) is 4.32. The summed E-state index contributed by atoms with van der Waals surface area (Å²) in [5, 5.41) is 9.44. The molecule has 0 aliphatic carbocycles. The van der Waals surface area contributed by atoms with E-state index in [-0.39, 0.29) is 18.1 Å². The summed E-state index contributed by atoms with van der Waals surface area (Å²) in [6.07, 6.45) is 3.15. The van der Waals surface area contributed by atoms with Gasteiger partial charge in [-0.15, -0.1) is 0 Å². The fraction of sp³-hybridized carbons (Fsp3) is 0.917. The lowest BCUT2D eigenvalue weighted by Crippen LogP contribution is -2.47. The summed E-state index contributed by atoms with van der Waals surface area (Å²) < 4.78 is 5.09.